The molecular formula is C15H15N3O4S. The van der Waals surface area contributed by atoms with E-state index in [9.17, 15) is 14.9 Å². The van der Waals surface area contributed by atoms with Crippen molar-refractivity contribution in [3.8, 4) is 0 Å². The van der Waals surface area contributed by atoms with Crippen molar-refractivity contribution in [2.45, 2.75) is 31.8 Å². The van der Waals surface area contributed by atoms with E-state index in [0.29, 0.717) is 11.3 Å². The molecule has 1 aromatic rings. The van der Waals surface area contributed by atoms with Crippen molar-refractivity contribution < 1.29 is 14.5 Å². The second kappa shape index (κ2) is 6.76. The summed E-state index contributed by atoms with van der Waals surface area (Å²) in [5.41, 5.74) is 0.0755. The fourth-order valence-electron chi connectivity index (χ4n) is 2.54. The first-order valence-electron chi connectivity index (χ1n) is 7.00. The molecule has 23 heavy (non-hydrogen) atoms. The standard InChI is InChI=1S/C15H15N3O4S/c1-3-22-14(19)12-8-15(2,16-9-23)13(17-12)10-5-4-6-11(7-10)18(20)21/h4-7,12H,3,8H2,1-2H3/t12-,15+/m0/s1. The molecule has 0 radical (unpaired) electrons. The maximum Gasteiger partial charge on any atom is 0.330 e. The van der Waals surface area contributed by atoms with Crippen LogP contribution in [0.15, 0.2) is 34.3 Å². The molecule has 0 N–H and O–H groups in total. The summed E-state index contributed by atoms with van der Waals surface area (Å²) in [6.45, 7) is 3.74. The highest BCUT2D eigenvalue weighted by Gasteiger charge is 2.43. The monoisotopic (exact) mass is 333 g/mol. The zero-order chi connectivity index (χ0) is 17.0. The minimum atomic E-state index is -0.867. The Labute approximate surface area is 138 Å². The Morgan fingerprint density at radius 1 is 1.65 bits per heavy atom. The zero-order valence-electron chi connectivity index (χ0n) is 12.7. The van der Waals surface area contributed by atoms with Gasteiger partial charge in [0, 0.05) is 24.1 Å². The highest BCUT2D eigenvalue weighted by atomic mass is 32.1. The van der Waals surface area contributed by atoms with E-state index < -0.39 is 22.5 Å². The molecule has 2 rings (SSSR count). The lowest BCUT2D eigenvalue weighted by Gasteiger charge is -2.20. The third-order valence-electron chi connectivity index (χ3n) is 3.57. The van der Waals surface area contributed by atoms with Crippen LogP contribution in [0.25, 0.3) is 0 Å². The maximum absolute atomic E-state index is 12.0. The van der Waals surface area contributed by atoms with E-state index in [0.717, 1.165) is 0 Å². The first-order chi connectivity index (χ1) is 10.9. The van der Waals surface area contributed by atoms with E-state index in [1.165, 1.54) is 12.1 Å². The van der Waals surface area contributed by atoms with Gasteiger partial charge in [0.15, 0.2) is 6.04 Å². The van der Waals surface area contributed by atoms with Gasteiger partial charge < -0.3 is 4.74 Å². The molecular weight excluding hydrogens is 318 g/mol. The number of carbonyl (C=O) groups excluding carboxylic acids is 1. The van der Waals surface area contributed by atoms with E-state index >= 15 is 0 Å². The summed E-state index contributed by atoms with van der Waals surface area (Å²) < 4.78 is 5.00. The summed E-state index contributed by atoms with van der Waals surface area (Å²) in [6, 6.07) is 5.35. The Balaban J connectivity index is 2.48. The molecule has 0 aromatic heterocycles. The molecule has 1 aromatic carbocycles. The molecule has 120 valence electrons. The summed E-state index contributed by atoms with van der Waals surface area (Å²) in [4.78, 5) is 31.0. The predicted octanol–water partition coefficient (Wildman–Crippen LogP) is 2.58. The predicted molar refractivity (Wildman–Crippen MR) is 88.1 cm³/mol. The molecule has 0 spiro atoms. The van der Waals surface area contributed by atoms with Crippen molar-refractivity contribution in [3.05, 3.63) is 39.9 Å². The van der Waals surface area contributed by atoms with Crippen LogP contribution in [0, 0.1) is 10.1 Å². The van der Waals surface area contributed by atoms with Crippen LogP contribution in [-0.4, -0.2) is 40.0 Å². The molecule has 1 heterocycles. The number of isothiocyanates is 1. The molecule has 0 saturated heterocycles. The number of nitro benzene ring substituents is 1. The summed E-state index contributed by atoms with van der Waals surface area (Å²) in [7, 11) is 0. The van der Waals surface area contributed by atoms with Crippen LogP contribution < -0.4 is 0 Å². The van der Waals surface area contributed by atoms with Crippen molar-refractivity contribution in [3.63, 3.8) is 0 Å². The summed E-state index contributed by atoms with van der Waals surface area (Å²) >= 11 is 4.69. The topological polar surface area (TPSA) is 94.2 Å². The van der Waals surface area contributed by atoms with E-state index in [2.05, 4.69) is 15.1 Å². The molecule has 7 nitrogen and oxygen atoms in total. The number of carbonyl (C=O) groups is 1. The second-order valence-electron chi connectivity index (χ2n) is 5.23. The molecule has 1 aliphatic rings. The fourth-order valence-corrected chi connectivity index (χ4v) is 2.74. The van der Waals surface area contributed by atoms with Crippen molar-refractivity contribution >= 4 is 34.7 Å². The lowest BCUT2D eigenvalue weighted by molar-refractivity contribution is -0.384. The van der Waals surface area contributed by atoms with Crippen LogP contribution in [0.1, 0.15) is 25.8 Å². The number of esters is 1. The average molecular weight is 333 g/mol. The molecule has 0 fully saturated rings. The summed E-state index contributed by atoms with van der Waals surface area (Å²) in [5.74, 6) is -0.446. The van der Waals surface area contributed by atoms with Gasteiger partial charge in [-0.05, 0) is 26.1 Å². The van der Waals surface area contributed by atoms with Gasteiger partial charge in [-0.3, -0.25) is 15.1 Å². The van der Waals surface area contributed by atoms with Crippen LogP contribution >= 0.6 is 12.2 Å². The van der Waals surface area contributed by atoms with Crippen LogP contribution in [0.5, 0.6) is 0 Å². The smallest absolute Gasteiger partial charge is 0.330 e. The number of non-ortho nitro benzene ring substituents is 1. The Morgan fingerprint density at radius 2 is 2.39 bits per heavy atom. The molecule has 0 unspecified atom stereocenters. The number of aliphatic imine (C=N–C) groups is 2. The van der Waals surface area contributed by atoms with Gasteiger partial charge in [0.25, 0.3) is 5.69 Å². The molecule has 0 aliphatic carbocycles. The Hall–Kier alpha value is -2.44. The molecule has 2 atom stereocenters. The Morgan fingerprint density at radius 3 is 3.00 bits per heavy atom. The Bertz CT molecular complexity index is 727. The van der Waals surface area contributed by atoms with Gasteiger partial charge >= 0.3 is 5.97 Å². The lowest BCUT2D eigenvalue weighted by Crippen LogP contribution is -2.32. The number of hydrogen-bond donors (Lipinski definition) is 0. The van der Waals surface area contributed by atoms with Gasteiger partial charge in [-0.1, -0.05) is 12.1 Å². The quantitative estimate of drug-likeness (QED) is 0.271. The number of hydrogen-bond acceptors (Lipinski definition) is 7. The van der Waals surface area contributed by atoms with Gasteiger partial charge in [0.2, 0.25) is 0 Å². The second-order valence-corrected chi connectivity index (χ2v) is 5.42. The summed E-state index contributed by atoms with van der Waals surface area (Å²) in [5, 5.41) is 13.3. The lowest BCUT2D eigenvalue weighted by atomic mass is 9.88. The van der Waals surface area contributed by atoms with Crippen LogP contribution in [0.2, 0.25) is 0 Å². The average Bonchev–Trinajstić information content (AvgIpc) is 2.86. The van der Waals surface area contributed by atoms with E-state index in [4.69, 9.17) is 17.0 Å². The number of ether oxygens (including phenoxy) is 1. The molecule has 0 saturated carbocycles. The van der Waals surface area contributed by atoms with E-state index in [-0.39, 0.29) is 18.7 Å². The number of thiocarbonyl (C=S) groups is 1. The number of benzene rings is 1. The van der Waals surface area contributed by atoms with Gasteiger partial charge in [-0.2, -0.15) is 0 Å². The Kier molecular flexibility index (Phi) is 4.98. The van der Waals surface area contributed by atoms with E-state index in [1.807, 2.05) is 0 Å². The van der Waals surface area contributed by atoms with Crippen LogP contribution in [0.4, 0.5) is 5.69 Å². The van der Waals surface area contributed by atoms with Crippen molar-refractivity contribution in [2.24, 2.45) is 9.98 Å². The van der Waals surface area contributed by atoms with Gasteiger partial charge in [-0.25, -0.2) is 9.79 Å². The largest absolute Gasteiger partial charge is 0.464 e. The third-order valence-corrected chi connectivity index (χ3v) is 3.66. The maximum atomic E-state index is 12.0. The molecule has 0 bridgehead atoms. The minimum Gasteiger partial charge on any atom is -0.464 e. The molecule has 0 amide bonds. The zero-order valence-corrected chi connectivity index (χ0v) is 13.5. The third kappa shape index (κ3) is 3.49. The van der Waals surface area contributed by atoms with E-state index in [1.54, 1.807) is 26.0 Å². The minimum absolute atomic E-state index is 0.0570. The summed E-state index contributed by atoms with van der Waals surface area (Å²) in [6.07, 6.45) is 0.285. The highest BCUT2D eigenvalue weighted by molar-refractivity contribution is 7.78. The van der Waals surface area contributed by atoms with Gasteiger partial charge in [0.05, 0.1) is 22.4 Å². The fraction of sp³-hybridized carbons (Fsp3) is 0.400. The normalized spacial score (nSPS) is 22.9. The van der Waals surface area contributed by atoms with Gasteiger partial charge in [0.1, 0.15) is 5.54 Å². The van der Waals surface area contributed by atoms with Crippen molar-refractivity contribution in [2.75, 3.05) is 6.61 Å². The van der Waals surface area contributed by atoms with Crippen molar-refractivity contribution in [1.82, 2.24) is 0 Å². The van der Waals surface area contributed by atoms with Gasteiger partial charge in [-0.15, -0.1) is 0 Å². The molecule has 8 heteroatoms. The number of rotatable bonds is 5. The SMILES string of the molecule is CCOC(=O)[C@@H]1C[C@@](C)(N=C=S)C(c2cccc([N+](=O)[O-])c2)=N1. The first kappa shape index (κ1) is 16.9. The van der Waals surface area contributed by atoms with Crippen LogP contribution in [0.3, 0.4) is 0 Å². The molecule has 1 aliphatic heterocycles. The van der Waals surface area contributed by atoms with Crippen molar-refractivity contribution in [1.29, 1.82) is 0 Å². The van der Waals surface area contributed by atoms with Crippen LogP contribution in [-0.2, 0) is 9.53 Å². The highest BCUT2D eigenvalue weighted by Crippen LogP contribution is 2.33. The first-order valence-corrected chi connectivity index (χ1v) is 7.41. The number of nitrogens with zero attached hydrogens (tertiary/aromatic N) is 3. The number of nitro groups is 1.